The third kappa shape index (κ3) is 5.47. The van der Waals surface area contributed by atoms with Gasteiger partial charge in [0.2, 0.25) is 0 Å². The SMILES string of the molecule is CC(C)NC(C)(CN(C)CC1CCCCO1)C(=O)O. The fraction of sp³-hybridized carbons (Fsp3) is 0.929. The molecule has 1 saturated heterocycles. The van der Waals surface area contributed by atoms with Gasteiger partial charge in [-0.15, -0.1) is 0 Å². The van der Waals surface area contributed by atoms with Crippen LogP contribution in [-0.2, 0) is 9.53 Å². The molecule has 0 aliphatic carbocycles. The van der Waals surface area contributed by atoms with Gasteiger partial charge in [0.05, 0.1) is 6.10 Å². The minimum Gasteiger partial charge on any atom is -0.480 e. The van der Waals surface area contributed by atoms with Gasteiger partial charge in [-0.05, 0) is 47.1 Å². The number of nitrogens with zero attached hydrogens (tertiary/aromatic N) is 1. The second-order valence-corrected chi connectivity index (χ2v) is 6.12. The topological polar surface area (TPSA) is 61.8 Å². The van der Waals surface area contributed by atoms with Crippen LogP contribution >= 0.6 is 0 Å². The number of hydrogen-bond acceptors (Lipinski definition) is 4. The van der Waals surface area contributed by atoms with Crippen molar-refractivity contribution in [3.63, 3.8) is 0 Å². The van der Waals surface area contributed by atoms with E-state index in [9.17, 15) is 9.90 Å². The first-order chi connectivity index (χ1) is 8.83. The van der Waals surface area contributed by atoms with Crippen LogP contribution in [0.3, 0.4) is 0 Å². The van der Waals surface area contributed by atoms with Crippen molar-refractivity contribution in [2.24, 2.45) is 0 Å². The second-order valence-electron chi connectivity index (χ2n) is 6.12. The number of nitrogens with one attached hydrogen (secondary N) is 1. The van der Waals surface area contributed by atoms with E-state index in [1.54, 1.807) is 6.92 Å². The lowest BCUT2D eigenvalue weighted by Gasteiger charge is -2.35. The van der Waals surface area contributed by atoms with Gasteiger partial charge in [0.1, 0.15) is 5.54 Å². The minimum absolute atomic E-state index is 0.139. The zero-order chi connectivity index (χ0) is 14.5. The van der Waals surface area contributed by atoms with Crippen LogP contribution in [0.2, 0.25) is 0 Å². The van der Waals surface area contributed by atoms with Crippen molar-refractivity contribution >= 4 is 5.97 Å². The van der Waals surface area contributed by atoms with E-state index in [1.165, 1.54) is 6.42 Å². The molecule has 5 nitrogen and oxygen atoms in total. The van der Waals surface area contributed by atoms with Crippen LogP contribution in [0.15, 0.2) is 0 Å². The maximum Gasteiger partial charge on any atom is 0.324 e. The van der Waals surface area contributed by atoms with Gasteiger partial charge in [-0.3, -0.25) is 10.1 Å². The fourth-order valence-corrected chi connectivity index (χ4v) is 2.72. The summed E-state index contributed by atoms with van der Waals surface area (Å²) in [6.45, 7) is 7.77. The summed E-state index contributed by atoms with van der Waals surface area (Å²) in [6, 6.07) is 0.139. The monoisotopic (exact) mass is 272 g/mol. The number of carboxylic acid groups (broad SMARTS) is 1. The van der Waals surface area contributed by atoms with E-state index in [4.69, 9.17) is 4.74 Å². The predicted octanol–water partition coefficient (Wildman–Crippen LogP) is 1.33. The van der Waals surface area contributed by atoms with E-state index in [1.807, 2.05) is 20.9 Å². The maximum atomic E-state index is 11.5. The average molecular weight is 272 g/mol. The highest BCUT2D eigenvalue weighted by molar-refractivity contribution is 5.78. The lowest BCUT2D eigenvalue weighted by Crippen LogP contribution is -2.59. The van der Waals surface area contributed by atoms with Gasteiger partial charge in [-0.1, -0.05) is 0 Å². The molecular weight excluding hydrogens is 244 g/mol. The molecule has 0 amide bonds. The first-order valence-electron chi connectivity index (χ1n) is 7.15. The number of aliphatic carboxylic acids is 1. The summed E-state index contributed by atoms with van der Waals surface area (Å²) in [5.41, 5.74) is -0.919. The molecule has 0 aromatic carbocycles. The molecule has 1 aliphatic heterocycles. The van der Waals surface area contributed by atoms with E-state index >= 15 is 0 Å². The van der Waals surface area contributed by atoms with Gasteiger partial charge in [0.25, 0.3) is 0 Å². The maximum absolute atomic E-state index is 11.5. The number of carbonyl (C=O) groups is 1. The number of rotatable bonds is 7. The lowest BCUT2D eigenvalue weighted by molar-refractivity contribution is -0.145. The Hall–Kier alpha value is -0.650. The molecule has 2 N–H and O–H groups in total. The summed E-state index contributed by atoms with van der Waals surface area (Å²) in [7, 11) is 1.96. The predicted molar refractivity (Wildman–Crippen MR) is 75.4 cm³/mol. The van der Waals surface area contributed by atoms with Crippen LogP contribution in [0, 0.1) is 0 Å². The van der Waals surface area contributed by atoms with Gasteiger partial charge in [0.15, 0.2) is 0 Å². The zero-order valence-electron chi connectivity index (χ0n) is 12.6. The molecule has 19 heavy (non-hydrogen) atoms. The Kier molecular flexibility index (Phi) is 6.23. The van der Waals surface area contributed by atoms with Crippen molar-refractivity contribution in [3.05, 3.63) is 0 Å². The summed E-state index contributed by atoms with van der Waals surface area (Å²) in [5, 5.41) is 12.6. The molecule has 0 saturated carbocycles. The van der Waals surface area contributed by atoms with Gasteiger partial charge >= 0.3 is 5.97 Å². The zero-order valence-corrected chi connectivity index (χ0v) is 12.6. The van der Waals surface area contributed by atoms with Crippen molar-refractivity contribution < 1.29 is 14.6 Å². The molecule has 2 unspecified atom stereocenters. The number of carboxylic acids is 1. The third-order valence-corrected chi connectivity index (χ3v) is 3.45. The Morgan fingerprint density at radius 1 is 1.53 bits per heavy atom. The largest absolute Gasteiger partial charge is 0.480 e. The average Bonchev–Trinajstić information content (AvgIpc) is 2.28. The van der Waals surface area contributed by atoms with Gasteiger partial charge < -0.3 is 14.7 Å². The Bertz CT molecular complexity index is 290. The van der Waals surface area contributed by atoms with E-state index in [2.05, 4.69) is 10.2 Å². The third-order valence-electron chi connectivity index (χ3n) is 3.45. The van der Waals surface area contributed by atoms with Crippen LogP contribution in [0.5, 0.6) is 0 Å². The Morgan fingerprint density at radius 2 is 2.21 bits per heavy atom. The summed E-state index contributed by atoms with van der Waals surface area (Å²) < 4.78 is 5.70. The van der Waals surface area contributed by atoms with Crippen LogP contribution < -0.4 is 5.32 Å². The molecule has 2 atom stereocenters. The van der Waals surface area contributed by atoms with Crippen LogP contribution in [0.25, 0.3) is 0 Å². The van der Waals surface area contributed by atoms with Crippen molar-refractivity contribution in [3.8, 4) is 0 Å². The second kappa shape index (κ2) is 7.22. The van der Waals surface area contributed by atoms with Crippen molar-refractivity contribution in [1.29, 1.82) is 0 Å². The van der Waals surface area contributed by atoms with E-state index in [0.717, 1.165) is 26.0 Å². The molecule has 1 rings (SSSR count). The van der Waals surface area contributed by atoms with E-state index in [-0.39, 0.29) is 12.1 Å². The van der Waals surface area contributed by atoms with E-state index < -0.39 is 11.5 Å². The molecule has 1 aliphatic rings. The van der Waals surface area contributed by atoms with Gasteiger partial charge in [0, 0.05) is 25.7 Å². The van der Waals surface area contributed by atoms with Crippen LogP contribution in [0.1, 0.15) is 40.0 Å². The highest BCUT2D eigenvalue weighted by Gasteiger charge is 2.35. The summed E-state index contributed by atoms with van der Waals surface area (Å²) in [5.74, 6) is -0.808. The van der Waals surface area contributed by atoms with Crippen LogP contribution in [-0.4, -0.2) is 60.4 Å². The van der Waals surface area contributed by atoms with Crippen molar-refractivity contribution in [2.45, 2.75) is 57.7 Å². The molecule has 0 radical (unpaired) electrons. The molecule has 0 aromatic heterocycles. The van der Waals surface area contributed by atoms with Crippen molar-refractivity contribution in [2.75, 3.05) is 26.7 Å². The molecule has 0 bridgehead atoms. The fourth-order valence-electron chi connectivity index (χ4n) is 2.72. The number of hydrogen-bond donors (Lipinski definition) is 2. The molecule has 0 aromatic rings. The van der Waals surface area contributed by atoms with Gasteiger partial charge in [-0.25, -0.2) is 0 Å². The number of ether oxygens (including phenoxy) is 1. The lowest BCUT2D eigenvalue weighted by atomic mass is 10.00. The Morgan fingerprint density at radius 3 is 2.68 bits per heavy atom. The molecule has 5 heteroatoms. The first kappa shape index (κ1) is 16.4. The summed E-state index contributed by atoms with van der Waals surface area (Å²) >= 11 is 0. The highest BCUT2D eigenvalue weighted by atomic mass is 16.5. The first-order valence-corrected chi connectivity index (χ1v) is 7.15. The Balaban J connectivity index is 2.50. The smallest absolute Gasteiger partial charge is 0.324 e. The molecule has 1 fully saturated rings. The molecular formula is C14H28N2O3. The minimum atomic E-state index is -0.919. The standard InChI is InChI=1S/C14H28N2O3/c1-11(2)15-14(3,13(17)18)10-16(4)9-12-7-5-6-8-19-12/h11-12,15H,5-10H2,1-4H3,(H,17,18). The van der Waals surface area contributed by atoms with Crippen molar-refractivity contribution in [1.82, 2.24) is 10.2 Å². The molecule has 0 spiro atoms. The molecule has 112 valence electrons. The number of likely N-dealkylation sites (N-methyl/N-ethyl adjacent to an activating group) is 1. The quantitative estimate of drug-likeness (QED) is 0.732. The normalized spacial score (nSPS) is 23.6. The molecule has 1 heterocycles. The summed E-state index contributed by atoms with van der Waals surface area (Å²) in [6.07, 6.45) is 3.67. The van der Waals surface area contributed by atoms with Gasteiger partial charge in [-0.2, -0.15) is 0 Å². The Labute approximate surface area is 116 Å². The highest BCUT2D eigenvalue weighted by Crippen LogP contribution is 2.15. The van der Waals surface area contributed by atoms with E-state index in [0.29, 0.717) is 6.54 Å². The van der Waals surface area contributed by atoms with Crippen LogP contribution in [0.4, 0.5) is 0 Å². The summed E-state index contributed by atoms with van der Waals surface area (Å²) in [4.78, 5) is 13.5.